The van der Waals surface area contributed by atoms with Crippen molar-refractivity contribution in [2.24, 2.45) is 0 Å². The summed E-state index contributed by atoms with van der Waals surface area (Å²) < 4.78 is 18.1. The third-order valence-corrected chi connectivity index (χ3v) is 5.99. The summed E-state index contributed by atoms with van der Waals surface area (Å²) in [4.78, 5) is 32.0. The van der Waals surface area contributed by atoms with Gasteiger partial charge in [-0.3, -0.25) is 9.59 Å². The summed E-state index contributed by atoms with van der Waals surface area (Å²) in [7, 11) is 4.56. The maximum Gasteiger partial charge on any atom is 0.295 e. The molecule has 0 unspecified atom stereocenters. The number of carbonyl (C=O) groups excluding carboxylic acids is 2. The van der Waals surface area contributed by atoms with Gasteiger partial charge in [-0.05, 0) is 36.8 Å². The molecule has 1 saturated heterocycles. The Kier molecular flexibility index (Phi) is 7.05. The van der Waals surface area contributed by atoms with Crippen LogP contribution in [0.3, 0.4) is 0 Å². The molecule has 2 aromatic carbocycles. The number of Topliss-reactive ketones (excluding diaryl/α,β-unsaturated/α-hetero) is 1. The van der Waals surface area contributed by atoms with Crippen molar-refractivity contribution in [1.29, 1.82) is 0 Å². The first-order valence-corrected chi connectivity index (χ1v) is 11.1. The van der Waals surface area contributed by atoms with Gasteiger partial charge in [0, 0.05) is 36.6 Å². The van der Waals surface area contributed by atoms with Crippen LogP contribution in [0.2, 0.25) is 0 Å². The lowest BCUT2D eigenvalue weighted by molar-refractivity contribution is -0.140. The lowest BCUT2D eigenvalue weighted by Crippen LogP contribution is -2.31. The van der Waals surface area contributed by atoms with Crippen LogP contribution in [0.5, 0.6) is 17.2 Å². The predicted octanol–water partition coefficient (Wildman–Crippen LogP) is 3.42. The molecule has 1 aromatic heterocycles. The van der Waals surface area contributed by atoms with E-state index in [-0.39, 0.29) is 17.9 Å². The number of amides is 1. The SMILES string of the molecule is COc1cccc(/C(O)=C2\C(=O)C(=O)N(CCCn3ccnc3)[C@@H]2c2cc(OC)ccc2OC)c1. The van der Waals surface area contributed by atoms with Crippen molar-refractivity contribution in [1.82, 2.24) is 14.5 Å². The number of aliphatic hydroxyl groups excluding tert-OH is 1. The number of benzene rings is 2. The van der Waals surface area contributed by atoms with E-state index in [1.165, 1.54) is 26.2 Å². The Morgan fingerprint density at radius 1 is 1.00 bits per heavy atom. The molecule has 35 heavy (non-hydrogen) atoms. The Hall–Kier alpha value is -4.27. The minimum atomic E-state index is -0.867. The molecule has 1 atom stereocenters. The maximum atomic E-state index is 13.3. The van der Waals surface area contributed by atoms with Gasteiger partial charge in [0.05, 0.1) is 39.3 Å². The van der Waals surface area contributed by atoms with E-state index in [2.05, 4.69) is 4.98 Å². The number of nitrogens with zero attached hydrogens (tertiary/aromatic N) is 3. The molecular formula is C26H27N3O6. The van der Waals surface area contributed by atoms with Gasteiger partial charge in [0.1, 0.15) is 23.0 Å². The fourth-order valence-electron chi connectivity index (χ4n) is 4.26. The quantitative estimate of drug-likeness (QED) is 0.286. The molecule has 182 valence electrons. The number of likely N-dealkylation sites (tertiary alicyclic amines) is 1. The minimum Gasteiger partial charge on any atom is -0.507 e. The minimum absolute atomic E-state index is 0.0163. The van der Waals surface area contributed by atoms with Gasteiger partial charge >= 0.3 is 0 Å². The van der Waals surface area contributed by atoms with E-state index in [0.717, 1.165) is 0 Å². The Labute approximate surface area is 203 Å². The van der Waals surface area contributed by atoms with Crippen LogP contribution < -0.4 is 14.2 Å². The molecule has 1 aliphatic rings. The zero-order valence-electron chi connectivity index (χ0n) is 19.8. The highest BCUT2D eigenvalue weighted by atomic mass is 16.5. The summed E-state index contributed by atoms with van der Waals surface area (Å²) in [5, 5.41) is 11.3. The molecular weight excluding hydrogens is 450 g/mol. The van der Waals surface area contributed by atoms with Crippen LogP contribution in [0.4, 0.5) is 0 Å². The lowest BCUT2D eigenvalue weighted by Gasteiger charge is -2.27. The number of ether oxygens (including phenoxy) is 3. The Morgan fingerprint density at radius 3 is 2.46 bits per heavy atom. The van der Waals surface area contributed by atoms with Crippen LogP contribution in [-0.4, -0.2) is 59.1 Å². The normalized spacial score (nSPS) is 17.0. The van der Waals surface area contributed by atoms with Crippen LogP contribution in [0, 0.1) is 0 Å². The number of rotatable bonds is 9. The van der Waals surface area contributed by atoms with Crippen LogP contribution >= 0.6 is 0 Å². The summed E-state index contributed by atoms with van der Waals surface area (Å²) in [5.41, 5.74) is 0.892. The number of imidazole rings is 1. The third-order valence-electron chi connectivity index (χ3n) is 5.99. The number of aryl methyl sites for hydroxylation is 1. The molecule has 0 radical (unpaired) electrons. The average Bonchev–Trinajstić information content (AvgIpc) is 3.50. The Balaban J connectivity index is 1.82. The first-order chi connectivity index (χ1) is 17.0. The summed E-state index contributed by atoms with van der Waals surface area (Å²) in [6.45, 7) is 0.892. The highest BCUT2D eigenvalue weighted by molar-refractivity contribution is 6.46. The molecule has 0 bridgehead atoms. The van der Waals surface area contributed by atoms with E-state index in [1.54, 1.807) is 55.0 Å². The van der Waals surface area contributed by atoms with E-state index in [0.29, 0.717) is 41.3 Å². The van der Waals surface area contributed by atoms with Gasteiger partial charge in [-0.25, -0.2) is 4.98 Å². The van der Waals surface area contributed by atoms with E-state index in [1.807, 2.05) is 10.8 Å². The van der Waals surface area contributed by atoms with Gasteiger partial charge in [-0.15, -0.1) is 0 Å². The van der Waals surface area contributed by atoms with E-state index < -0.39 is 17.7 Å². The van der Waals surface area contributed by atoms with Crippen LogP contribution in [0.15, 0.2) is 66.8 Å². The molecule has 4 rings (SSSR count). The smallest absolute Gasteiger partial charge is 0.295 e. The van der Waals surface area contributed by atoms with E-state index in [4.69, 9.17) is 14.2 Å². The number of aliphatic hydroxyl groups is 1. The van der Waals surface area contributed by atoms with Crippen LogP contribution in [0.1, 0.15) is 23.6 Å². The molecule has 9 nitrogen and oxygen atoms in total. The van der Waals surface area contributed by atoms with Gasteiger partial charge < -0.3 is 28.8 Å². The number of hydrogen-bond donors (Lipinski definition) is 1. The standard InChI is InChI=1S/C26H27N3O6/c1-33-18-7-4-6-17(14-18)24(30)22-23(20-15-19(34-2)8-9-21(20)35-3)29(26(32)25(22)31)12-5-11-28-13-10-27-16-28/h4,6-10,13-16,23,30H,5,11-12H2,1-3H3/b24-22+/t23-/m1/s1. The van der Waals surface area contributed by atoms with Crippen LogP contribution in [0.25, 0.3) is 5.76 Å². The Bertz CT molecular complexity index is 1250. The molecule has 0 saturated carbocycles. The zero-order chi connectivity index (χ0) is 24.9. The predicted molar refractivity (Wildman–Crippen MR) is 128 cm³/mol. The summed E-state index contributed by atoms with van der Waals surface area (Å²) >= 11 is 0. The number of aromatic nitrogens is 2. The maximum absolute atomic E-state index is 13.3. The second kappa shape index (κ2) is 10.3. The van der Waals surface area contributed by atoms with Gasteiger partial charge in [0.25, 0.3) is 11.7 Å². The third kappa shape index (κ3) is 4.70. The number of ketones is 1. The van der Waals surface area contributed by atoms with Gasteiger partial charge in [-0.2, -0.15) is 0 Å². The van der Waals surface area contributed by atoms with Crippen molar-refractivity contribution < 1.29 is 28.9 Å². The van der Waals surface area contributed by atoms with Gasteiger partial charge in [-0.1, -0.05) is 12.1 Å². The topological polar surface area (TPSA) is 103 Å². The molecule has 1 amide bonds. The zero-order valence-corrected chi connectivity index (χ0v) is 19.8. The molecule has 0 aliphatic carbocycles. The fourth-order valence-corrected chi connectivity index (χ4v) is 4.26. The summed E-state index contributed by atoms with van der Waals surface area (Å²) in [5.74, 6) is -0.217. The van der Waals surface area contributed by atoms with Crippen molar-refractivity contribution >= 4 is 17.4 Å². The molecule has 3 aromatic rings. The molecule has 9 heteroatoms. The van der Waals surface area contributed by atoms with Crippen molar-refractivity contribution in [3.63, 3.8) is 0 Å². The van der Waals surface area contributed by atoms with Gasteiger partial charge in [0.15, 0.2) is 0 Å². The summed E-state index contributed by atoms with van der Waals surface area (Å²) in [6.07, 6.45) is 5.78. The first-order valence-electron chi connectivity index (χ1n) is 11.1. The second-order valence-corrected chi connectivity index (χ2v) is 7.99. The fraction of sp³-hybridized carbons (Fsp3) is 0.269. The largest absolute Gasteiger partial charge is 0.507 e. The molecule has 1 fully saturated rings. The van der Waals surface area contributed by atoms with Crippen LogP contribution in [-0.2, 0) is 16.1 Å². The first kappa shape index (κ1) is 23.9. The van der Waals surface area contributed by atoms with Crippen molar-refractivity contribution in [3.8, 4) is 17.2 Å². The van der Waals surface area contributed by atoms with E-state index >= 15 is 0 Å². The lowest BCUT2D eigenvalue weighted by atomic mass is 9.94. The second-order valence-electron chi connectivity index (χ2n) is 7.99. The number of carbonyl (C=O) groups is 2. The highest BCUT2D eigenvalue weighted by Gasteiger charge is 2.47. The van der Waals surface area contributed by atoms with Crippen molar-refractivity contribution in [3.05, 3.63) is 77.9 Å². The molecule has 0 spiro atoms. The molecule has 1 N–H and O–H groups in total. The number of hydrogen-bond acceptors (Lipinski definition) is 7. The van der Waals surface area contributed by atoms with Crippen molar-refractivity contribution in [2.45, 2.75) is 19.0 Å². The summed E-state index contributed by atoms with van der Waals surface area (Å²) in [6, 6.07) is 11.0. The number of methoxy groups -OCH3 is 3. The molecule has 2 heterocycles. The average molecular weight is 478 g/mol. The van der Waals surface area contributed by atoms with E-state index in [9.17, 15) is 14.7 Å². The van der Waals surface area contributed by atoms with Crippen molar-refractivity contribution in [2.75, 3.05) is 27.9 Å². The molecule has 1 aliphatic heterocycles. The Morgan fingerprint density at radius 2 is 1.77 bits per heavy atom. The monoisotopic (exact) mass is 477 g/mol. The van der Waals surface area contributed by atoms with Gasteiger partial charge in [0.2, 0.25) is 0 Å². The highest BCUT2D eigenvalue weighted by Crippen LogP contribution is 2.44.